The van der Waals surface area contributed by atoms with E-state index < -0.39 is 0 Å². The molecule has 0 bridgehead atoms. The Balaban J connectivity index is 2.05. The van der Waals surface area contributed by atoms with Gasteiger partial charge in [0.05, 0.1) is 6.61 Å². The van der Waals surface area contributed by atoms with Crippen LogP contribution >= 0.6 is 24.4 Å². The second kappa shape index (κ2) is 9.93. The molecule has 134 valence electrons. The molecule has 0 radical (unpaired) electrons. The highest BCUT2D eigenvalue weighted by Crippen LogP contribution is 2.33. The fraction of sp³-hybridized carbons (Fsp3) is 0.381. The van der Waals surface area contributed by atoms with E-state index in [1.54, 1.807) is 11.8 Å². The second-order valence-electron chi connectivity index (χ2n) is 6.40. The van der Waals surface area contributed by atoms with Crippen LogP contribution in [0.1, 0.15) is 37.8 Å². The summed E-state index contributed by atoms with van der Waals surface area (Å²) in [7, 11) is 0. The lowest BCUT2D eigenvalue weighted by Crippen LogP contribution is -2.18. The zero-order valence-electron chi connectivity index (χ0n) is 14.9. The van der Waals surface area contributed by atoms with Crippen molar-refractivity contribution in [1.82, 2.24) is 0 Å². The first-order valence-corrected chi connectivity index (χ1v) is 10.2. The molecule has 0 heterocycles. The Kier molecular flexibility index (Phi) is 7.91. The van der Waals surface area contributed by atoms with Crippen LogP contribution in [0.2, 0.25) is 0 Å². The number of carbonyl (C=O) groups excluding carboxylic acids is 1. The number of benzene rings is 2. The number of thiol groups is 1. The Morgan fingerprint density at radius 2 is 1.64 bits per heavy atom. The van der Waals surface area contributed by atoms with Crippen LogP contribution in [0.5, 0.6) is 5.75 Å². The summed E-state index contributed by atoms with van der Waals surface area (Å²) >= 11 is 5.91. The predicted molar refractivity (Wildman–Crippen MR) is 110 cm³/mol. The largest absolute Gasteiger partial charge is 0.494 e. The summed E-state index contributed by atoms with van der Waals surface area (Å²) in [4.78, 5) is 11.6. The van der Waals surface area contributed by atoms with Gasteiger partial charge < -0.3 is 9.53 Å². The summed E-state index contributed by atoms with van der Waals surface area (Å²) in [5.74, 6) is 2.58. The zero-order valence-corrected chi connectivity index (χ0v) is 16.6. The van der Waals surface area contributed by atoms with Gasteiger partial charge in [0.1, 0.15) is 12.0 Å². The molecule has 0 aliphatic carbocycles. The molecule has 2 rings (SSSR count). The van der Waals surface area contributed by atoms with Gasteiger partial charge in [-0.1, -0.05) is 38.1 Å². The van der Waals surface area contributed by atoms with Gasteiger partial charge in [-0.15, -0.1) is 11.8 Å². The van der Waals surface area contributed by atoms with Crippen molar-refractivity contribution in [3.8, 4) is 5.75 Å². The van der Waals surface area contributed by atoms with Gasteiger partial charge in [-0.2, -0.15) is 12.6 Å². The smallest absolute Gasteiger partial charge is 0.120 e. The van der Waals surface area contributed by atoms with Gasteiger partial charge in [0, 0.05) is 22.5 Å². The van der Waals surface area contributed by atoms with Crippen molar-refractivity contribution in [3.63, 3.8) is 0 Å². The Hall–Kier alpha value is -1.39. The van der Waals surface area contributed by atoms with Crippen LogP contribution in [0.15, 0.2) is 53.4 Å². The topological polar surface area (TPSA) is 26.3 Å². The Bertz CT molecular complexity index is 649. The first-order valence-electron chi connectivity index (χ1n) is 8.59. The quantitative estimate of drug-likeness (QED) is 0.261. The maximum Gasteiger partial charge on any atom is 0.120 e. The van der Waals surface area contributed by atoms with Gasteiger partial charge >= 0.3 is 0 Å². The van der Waals surface area contributed by atoms with Crippen molar-refractivity contribution in [1.29, 1.82) is 0 Å². The van der Waals surface area contributed by atoms with Gasteiger partial charge in [0.15, 0.2) is 0 Å². The van der Waals surface area contributed by atoms with Crippen LogP contribution in [0, 0.1) is 0 Å². The van der Waals surface area contributed by atoms with Gasteiger partial charge in [-0.25, -0.2) is 0 Å². The molecule has 0 saturated heterocycles. The van der Waals surface area contributed by atoms with Crippen LogP contribution < -0.4 is 4.74 Å². The maximum atomic E-state index is 10.4. The minimum Gasteiger partial charge on any atom is -0.494 e. The molecular weight excluding hydrogens is 348 g/mol. The average Bonchev–Trinajstić information content (AvgIpc) is 2.63. The van der Waals surface area contributed by atoms with E-state index in [1.807, 2.05) is 12.1 Å². The number of hydrogen-bond acceptors (Lipinski definition) is 4. The first kappa shape index (κ1) is 19.9. The lowest BCUT2D eigenvalue weighted by molar-refractivity contribution is -0.107. The number of hydrogen-bond donors (Lipinski definition) is 1. The maximum absolute atomic E-state index is 10.4. The molecule has 0 unspecified atom stereocenters. The summed E-state index contributed by atoms with van der Waals surface area (Å²) in [6, 6.07) is 17.0. The monoisotopic (exact) mass is 374 g/mol. The van der Waals surface area contributed by atoms with Gasteiger partial charge in [-0.05, 0) is 47.6 Å². The minimum absolute atomic E-state index is 0.0738. The molecule has 0 atom stereocenters. The van der Waals surface area contributed by atoms with E-state index in [2.05, 4.69) is 62.9 Å². The molecule has 0 aliphatic rings. The lowest BCUT2D eigenvalue weighted by Gasteiger charge is -2.26. The van der Waals surface area contributed by atoms with E-state index >= 15 is 0 Å². The van der Waals surface area contributed by atoms with Crippen molar-refractivity contribution < 1.29 is 9.53 Å². The van der Waals surface area contributed by atoms with Crippen molar-refractivity contribution in [2.75, 3.05) is 18.1 Å². The van der Waals surface area contributed by atoms with Crippen molar-refractivity contribution in [2.45, 2.75) is 37.0 Å². The van der Waals surface area contributed by atoms with Crippen LogP contribution in [0.4, 0.5) is 0 Å². The fourth-order valence-electron chi connectivity index (χ4n) is 2.58. The number of carbonyl (C=O) groups is 1. The van der Waals surface area contributed by atoms with Crippen LogP contribution in [-0.2, 0) is 10.2 Å². The number of thioether (sulfide) groups is 1. The molecule has 0 aromatic heterocycles. The third-order valence-corrected chi connectivity index (χ3v) is 5.59. The molecule has 25 heavy (non-hydrogen) atoms. The highest BCUT2D eigenvalue weighted by atomic mass is 32.2. The highest BCUT2D eigenvalue weighted by molar-refractivity contribution is 7.99. The molecule has 0 N–H and O–H groups in total. The molecule has 0 amide bonds. The van der Waals surface area contributed by atoms with E-state index in [9.17, 15) is 4.79 Å². The van der Waals surface area contributed by atoms with Crippen molar-refractivity contribution >= 4 is 30.7 Å². The van der Waals surface area contributed by atoms with E-state index in [0.29, 0.717) is 13.0 Å². The number of rotatable bonds is 10. The van der Waals surface area contributed by atoms with E-state index in [0.717, 1.165) is 30.0 Å². The predicted octanol–water partition coefficient (Wildman–Crippen LogP) is 5.39. The van der Waals surface area contributed by atoms with Crippen molar-refractivity contribution in [2.24, 2.45) is 0 Å². The summed E-state index contributed by atoms with van der Waals surface area (Å²) in [6.07, 6.45) is 2.52. The fourth-order valence-corrected chi connectivity index (χ4v) is 3.49. The summed E-state index contributed by atoms with van der Waals surface area (Å²) in [5.41, 5.74) is 2.46. The van der Waals surface area contributed by atoms with Crippen molar-refractivity contribution in [3.05, 3.63) is 59.7 Å². The SMILES string of the molecule is CC(C)(c1ccc(OCCCS)cc1)c1ccc(SCCC=O)cc1. The third-order valence-electron chi connectivity index (χ3n) is 4.23. The molecule has 2 aromatic rings. The third kappa shape index (κ3) is 5.82. The molecule has 0 saturated carbocycles. The first-order chi connectivity index (χ1) is 12.1. The standard InChI is InChI=1S/C21H26O2S2/c1-21(2,17-5-9-19(10-6-17)23-14-4-15-24)18-7-11-20(12-8-18)25-16-3-13-22/h5-13,24H,3-4,14-16H2,1-2H3. The molecular formula is C21H26O2S2. The number of ether oxygens (including phenoxy) is 1. The molecule has 2 nitrogen and oxygen atoms in total. The lowest BCUT2D eigenvalue weighted by atomic mass is 9.78. The number of aldehydes is 1. The molecule has 0 fully saturated rings. The molecule has 2 aromatic carbocycles. The molecule has 0 spiro atoms. The summed E-state index contributed by atoms with van der Waals surface area (Å²) in [5, 5.41) is 0. The Labute approximate surface area is 160 Å². The average molecular weight is 375 g/mol. The van der Waals surface area contributed by atoms with Gasteiger partial charge in [-0.3, -0.25) is 0 Å². The summed E-state index contributed by atoms with van der Waals surface area (Å²) in [6.45, 7) is 5.17. The van der Waals surface area contributed by atoms with Crippen LogP contribution in [-0.4, -0.2) is 24.4 Å². The molecule has 0 aliphatic heterocycles. The zero-order chi connectivity index (χ0) is 18.1. The van der Waals surface area contributed by atoms with Gasteiger partial charge in [0.25, 0.3) is 0 Å². The van der Waals surface area contributed by atoms with Crippen LogP contribution in [0.3, 0.4) is 0 Å². The Morgan fingerprint density at radius 1 is 1.04 bits per heavy atom. The van der Waals surface area contributed by atoms with E-state index in [1.165, 1.54) is 16.0 Å². The van der Waals surface area contributed by atoms with E-state index in [4.69, 9.17) is 4.74 Å². The second-order valence-corrected chi connectivity index (χ2v) is 8.02. The molecule has 4 heteroatoms. The van der Waals surface area contributed by atoms with Crippen LogP contribution in [0.25, 0.3) is 0 Å². The Morgan fingerprint density at radius 3 is 2.20 bits per heavy atom. The van der Waals surface area contributed by atoms with Gasteiger partial charge in [0.2, 0.25) is 0 Å². The minimum atomic E-state index is -0.0738. The van der Waals surface area contributed by atoms with E-state index in [-0.39, 0.29) is 5.41 Å². The normalized spacial score (nSPS) is 11.3. The highest BCUT2D eigenvalue weighted by Gasteiger charge is 2.23. The summed E-state index contributed by atoms with van der Waals surface area (Å²) < 4.78 is 5.71.